The molecule has 0 aromatic heterocycles. The van der Waals surface area contributed by atoms with E-state index in [0.717, 1.165) is 4.90 Å². The molecule has 0 unspecified atom stereocenters. The third-order valence-electron chi connectivity index (χ3n) is 2.34. The van der Waals surface area contributed by atoms with Gasteiger partial charge in [0.2, 0.25) is 0 Å². The van der Waals surface area contributed by atoms with Crippen molar-refractivity contribution < 1.29 is 19.8 Å². The lowest BCUT2D eigenvalue weighted by molar-refractivity contribution is -0.146. The highest BCUT2D eigenvalue weighted by Crippen LogP contribution is 2.17. The number of benzene rings is 1. The maximum absolute atomic E-state index is 11.5. The van der Waals surface area contributed by atoms with Crippen LogP contribution < -0.4 is 10.6 Å². The molecule has 1 aromatic carbocycles. The number of carbonyl (C=O) groups excluding carboxylic acids is 1. The Balaban J connectivity index is 2.32. The fourth-order valence-corrected chi connectivity index (χ4v) is 1.70. The van der Waals surface area contributed by atoms with Gasteiger partial charge >= 0.3 is 12.0 Å². The van der Waals surface area contributed by atoms with E-state index in [1.807, 2.05) is 18.4 Å². The summed E-state index contributed by atoms with van der Waals surface area (Å²) in [4.78, 5) is 22.9. The lowest BCUT2D eigenvalue weighted by atomic mass is 10.2. The van der Waals surface area contributed by atoms with Crippen LogP contribution in [0.2, 0.25) is 0 Å². The molecule has 0 aliphatic heterocycles. The molecular weight excluding hydrogens is 268 g/mol. The topological polar surface area (TPSA) is 98.7 Å². The van der Waals surface area contributed by atoms with Gasteiger partial charge in [0.1, 0.15) is 0 Å². The Labute approximate surface area is 115 Å². The highest BCUT2D eigenvalue weighted by Gasteiger charge is 2.12. The van der Waals surface area contributed by atoms with Gasteiger partial charge in [0.05, 0.1) is 0 Å². The summed E-state index contributed by atoms with van der Waals surface area (Å²) in [5.74, 6) is -1.30. The van der Waals surface area contributed by atoms with Crippen LogP contribution in [0.25, 0.3) is 0 Å². The average molecular weight is 284 g/mol. The van der Waals surface area contributed by atoms with Crippen LogP contribution in [-0.2, 0) is 4.79 Å². The van der Waals surface area contributed by atoms with E-state index in [0.29, 0.717) is 5.69 Å². The number of urea groups is 1. The summed E-state index contributed by atoms with van der Waals surface area (Å²) < 4.78 is 0. The Morgan fingerprint density at radius 3 is 2.47 bits per heavy atom. The summed E-state index contributed by atoms with van der Waals surface area (Å²) in [6.07, 6.45) is 0.470. The van der Waals surface area contributed by atoms with Gasteiger partial charge in [-0.25, -0.2) is 9.59 Å². The van der Waals surface area contributed by atoms with Crippen LogP contribution in [0.15, 0.2) is 29.2 Å². The maximum Gasteiger partial charge on any atom is 0.332 e. The molecule has 0 aliphatic rings. The number of nitrogens with one attached hydrogen (secondary N) is 2. The molecule has 0 fully saturated rings. The molecular formula is C12H16N2O4S. The van der Waals surface area contributed by atoms with Crippen LogP contribution in [0.5, 0.6) is 0 Å². The molecule has 0 spiro atoms. The summed E-state index contributed by atoms with van der Waals surface area (Å²) in [6.45, 7) is 0.0855. The fraction of sp³-hybridized carbons (Fsp3) is 0.333. The minimum Gasteiger partial charge on any atom is -0.479 e. The first-order chi connectivity index (χ1) is 9.02. The predicted octanol–water partition coefficient (Wildman–Crippen LogP) is 1.37. The summed E-state index contributed by atoms with van der Waals surface area (Å²) in [5, 5.41) is 22.5. The number of carboxylic acid groups (broad SMARTS) is 1. The van der Waals surface area contributed by atoms with Gasteiger partial charge in [-0.1, -0.05) is 0 Å². The number of aliphatic carboxylic acids is 1. The largest absolute Gasteiger partial charge is 0.479 e. The number of carboxylic acids is 1. The highest BCUT2D eigenvalue weighted by atomic mass is 32.2. The predicted molar refractivity (Wildman–Crippen MR) is 73.5 cm³/mol. The number of rotatable bonds is 6. The zero-order valence-electron chi connectivity index (χ0n) is 10.4. The van der Waals surface area contributed by atoms with Gasteiger partial charge in [-0.3, -0.25) is 0 Å². The number of amides is 2. The number of carbonyl (C=O) groups is 2. The van der Waals surface area contributed by atoms with E-state index in [2.05, 4.69) is 10.6 Å². The number of aliphatic hydroxyl groups excluding tert-OH is 1. The zero-order chi connectivity index (χ0) is 14.3. The molecule has 0 aliphatic carbocycles. The van der Waals surface area contributed by atoms with Gasteiger partial charge in [0.15, 0.2) is 6.10 Å². The highest BCUT2D eigenvalue weighted by molar-refractivity contribution is 7.98. The van der Waals surface area contributed by atoms with Gasteiger partial charge in [0, 0.05) is 23.5 Å². The monoisotopic (exact) mass is 284 g/mol. The van der Waals surface area contributed by atoms with Gasteiger partial charge in [-0.2, -0.15) is 0 Å². The second-order valence-electron chi connectivity index (χ2n) is 3.75. The first-order valence-corrected chi connectivity index (χ1v) is 6.85. The SMILES string of the molecule is CSc1ccc(NC(=O)NCC[C@H](O)C(=O)O)cc1. The molecule has 6 nitrogen and oxygen atoms in total. The summed E-state index contributed by atoms with van der Waals surface area (Å²) >= 11 is 1.60. The van der Waals surface area contributed by atoms with Gasteiger partial charge in [0.25, 0.3) is 0 Å². The second-order valence-corrected chi connectivity index (χ2v) is 4.63. The minimum absolute atomic E-state index is 0.0336. The molecule has 1 aromatic rings. The van der Waals surface area contributed by atoms with Crippen molar-refractivity contribution in [3.63, 3.8) is 0 Å². The third-order valence-corrected chi connectivity index (χ3v) is 3.08. The Kier molecular flexibility index (Phi) is 6.17. The van der Waals surface area contributed by atoms with Crippen LogP contribution in [-0.4, -0.2) is 41.1 Å². The van der Waals surface area contributed by atoms with Crippen molar-refractivity contribution in [2.45, 2.75) is 17.4 Å². The molecule has 0 heterocycles. The fourth-order valence-electron chi connectivity index (χ4n) is 1.30. The number of aliphatic hydroxyl groups is 1. The molecule has 2 amide bonds. The number of hydrogen-bond acceptors (Lipinski definition) is 4. The molecule has 0 bridgehead atoms. The standard InChI is InChI=1S/C12H16N2O4S/c1-19-9-4-2-8(3-5-9)14-12(18)13-7-6-10(15)11(16)17/h2-5,10,15H,6-7H2,1H3,(H,16,17)(H2,13,14,18)/t10-/m0/s1. The summed E-state index contributed by atoms with van der Waals surface area (Å²) in [7, 11) is 0. The Morgan fingerprint density at radius 2 is 1.95 bits per heavy atom. The minimum atomic E-state index is -1.46. The van der Waals surface area contributed by atoms with E-state index in [4.69, 9.17) is 10.2 Å². The Bertz CT molecular complexity index is 436. The molecule has 19 heavy (non-hydrogen) atoms. The van der Waals surface area contributed by atoms with Crippen molar-refractivity contribution in [2.75, 3.05) is 18.1 Å². The first-order valence-electron chi connectivity index (χ1n) is 5.62. The number of thioether (sulfide) groups is 1. The van der Waals surface area contributed by atoms with Crippen LogP contribution in [0, 0.1) is 0 Å². The van der Waals surface area contributed by atoms with Gasteiger partial charge < -0.3 is 20.8 Å². The summed E-state index contributed by atoms with van der Waals surface area (Å²) in [5.41, 5.74) is 0.647. The third kappa shape index (κ3) is 5.62. The molecule has 0 saturated carbocycles. The maximum atomic E-state index is 11.5. The van der Waals surface area contributed by atoms with Crippen molar-refractivity contribution in [3.8, 4) is 0 Å². The average Bonchev–Trinajstić information content (AvgIpc) is 2.39. The van der Waals surface area contributed by atoms with Gasteiger partial charge in [-0.05, 0) is 30.5 Å². The molecule has 1 rings (SSSR count). The van der Waals surface area contributed by atoms with Crippen LogP contribution in [0.1, 0.15) is 6.42 Å². The van der Waals surface area contributed by atoms with Crippen molar-refractivity contribution in [2.24, 2.45) is 0 Å². The Morgan fingerprint density at radius 1 is 1.32 bits per heavy atom. The molecule has 104 valence electrons. The van der Waals surface area contributed by atoms with Gasteiger partial charge in [-0.15, -0.1) is 11.8 Å². The molecule has 0 radical (unpaired) electrons. The molecule has 4 N–H and O–H groups in total. The van der Waals surface area contributed by atoms with E-state index in [-0.39, 0.29) is 13.0 Å². The van der Waals surface area contributed by atoms with E-state index < -0.39 is 18.1 Å². The van der Waals surface area contributed by atoms with Crippen LogP contribution >= 0.6 is 11.8 Å². The normalized spacial score (nSPS) is 11.7. The van der Waals surface area contributed by atoms with E-state index >= 15 is 0 Å². The van der Waals surface area contributed by atoms with Crippen molar-refractivity contribution in [1.82, 2.24) is 5.32 Å². The van der Waals surface area contributed by atoms with E-state index in [1.54, 1.807) is 23.9 Å². The second kappa shape index (κ2) is 7.65. The Hall–Kier alpha value is -1.73. The van der Waals surface area contributed by atoms with E-state index in [1.165, 1.54) is 0 Å². The quantitative estimate of drug-likeness (QED) is 0.591. The smallest absolute Gasteiger partial charge is 0.332 e. The lowest BCUT2D eigenvalue weighted by Gasteiger charge is -2.09. The number of hydrogen-bond donors (Lipinski definition) is 4. The molecule has 1 atom stereocenters. The zero-order valence-corrected chi connectivity index (χ0v) is 11.2. The van der Waals surface area contributed by atoms with E-state index in [9.17, 15) is 9.59 Å². The van der Waals surface area contributed by atoms with Crippen LogP contribution in [0.4, 0.5) is 10.5 Å². The molecule has 7 heteroatoms. The first kappa shape index (κ1) is 15.3. The number of anilines is 1. The van der Waals surface area contributed by atoms with Crippen LogP contribution in [0.3, 0.4) is 0 Å². The van der Waals surface area contributed by atoms with Crippen molar-refractivity contribution in [1.29, 1.82) is 0 Å². The van der Waals surface area contributed by atoms with Crippen molar-refractivity contribution in [3.05, 3.63) is 24.3 Å². The summed E-state index contributed by atoms with van der Waals surface area (Å²) in [6, 6.07) is 6.88. The molecule has 0 saturated heterocycles. The van der Waals surface area contributed by atoms with Crippen molar-refractivity contribution >= 4 is 29.4 Å². The lowest BCUT2D eigenvalue weighted by Crippen LogP contribution is -2.33.